The Labute approximate surface area is 96.6 Å². The summed E-state index contributed by atoms with van der Waals surface area (Å²) in [6, 6.07) is 10.2. The zero-order chi connectivity index (χ0) is 12.0. The molecule has 2 nitrogen and oxygen atoms in total. The molecule has 0 heterocycles. The molecular weight excluding hydrogens is 200 g/mol. The van der Waals surface area contributed by atoms with E-state index in [1.54, 1.807) is 0 Å². The average molecular weight is 218 g/mol. The van der Waals surface area contributed by atoms with Crippen LogP contribution in [0.15, 0.2) is 42.5 Å². The SMILES string of the molecule is C=C(CC(CC)Cc1ccccc1)C(=O)O. The highest BCUT2D eigenvalue weighted by atomic mass is 16.4. The van der Waals surface area contributed by atoms with Gasteiger partial charge in [0.15, 0.2) is 0 Å². The summed E-state index contributed by atoms with van der Waals surface area (Å²) in [6.07, 6.45) is 2.46. The van der Waals surface area contributed by atoms with E-state index in [1.165, 1.54) is 5.56 Å². The molecule has 1 unspecified atom stereocenters. The van der Waals surface area contributed by atoms with Crippen molar-refractivity contribution in [3.8, 4) is 0 Å². The van der Waals surface area contributed by atoms with Crippen molar-refractivity contribution in [3.63, 3.8) is 0 Å². The van der Waals surface area contributed by atoms with Crippen LogP contribution < -0.4 is 0 Å². The van der Waals surface area contributed by atoms with Crippen molar-refractivity contribution in [2.75, 3.05) is 0 Å². The van der Waals surface area contributed by atoms with E-state index in [1.807, 2.05) is 18.2 Å². The molecule has 0 aliphatic carbocycles. The quantitative estimate of drug-likeness (QED) is 0.744. The maximum Gasteiger partial charge on any atom is 0.330 e. The van der Waals surface area contributed by atoms with Crippen molar-refractivity contribution in [2.45, 2.75) is 26.2 Å². The Hall–Kier alpha value is -1.57. The highest BCUT2D eigenvalue weighted by molar-refractivity contribution is 5.85. The van der Waals surface area contributed by atoms with Crippen LogP contribution in [0.4, 0.5) is 0 Å². The summed E-state index contributed by atoms with van der Waals surface area (Å²) in [5.41, 5.74) is 1.57. The van der Waals surface area contributed by atoms with Gasteiger partial charge in [-0.3, -0.25) is 0 Å². The van der Waals surface area contributed by atoms with E-state index >= 15 is 0 Å². The third kappa shape index (κ3) is 3.89. The van der Waals surface area contributed by atoms with E-state index in [9.17, 15) is 4.79 Å². The monoisotopic (exact) mass is 218 g/mol. The number of carbonyl (C=O) groups is 1. The predicted molar refractivity (Wildman–Crippen MR) is 65.3 cm³/mol. The number of benzene rings is 1. The maximum absolute atomic E-state index is 10.7. The Bertz CT molecular complexity index is 354. The van der Waals surface area contributed by atoms with Gasteiger partial charge in [0.1, 0.15) is 0 Å². The highest BCUT2D eigenvalue weighted by Crippen LogP contribution is 2.19. The average Bonchev–Trinajstić information content (AvgIpc) is 2.29. The molecule has 86 valence electrons. The number of hydrogen-bond acceptors (Lipinski definition) is 1. The van der Waals surface area contributed by atoms with Crippen LogP contribution >= 0.6 is 0 Å². The molecule has 1 rings (SSSR count). The molecule has 0 bridgehead atoms. The van der Waals surface area contributed by atoms with Crippen molar-refractivity contribution < 1.29 is 9.90 Å². The fourth-order valence-electron chi connectivity index (χ4n) is 1.74. The predicted octanol–water partition coefficient (Wildman–Crippen LogP) is 3.29. The number of aliphatic carboxylic acids is 1. The van der Waals surface area contributed by atoms with Crippen LogP contribution in [-0.2, 0) is 11.2 Å². The fourth-order valence-corrected chi connectivity index (χ4v) is 1.74. The van der Waals surface area contributed by atoms with Crippen molar-refractivity contribution >= 4 is 5.97 Å². The van der Waals surface area contributed by atoms with Crippen molar-refractivity contribution in [2.24, 2.45) is 5.92 Å². The summed E-state index contributed by atoms with van der Waals surface area (Å²) >= 11 is 0. The fraction of sp³-hybridized carbons (Fsp3) is 0.357. The van der Waals surface area contributed by atoms with Gasteiger partial charge in [-0.2, -0.15) is 0 Å². The van der Waals surface area contributed by atoms with Gasteiger partial charge >= 0.3 is 5.97 Å². The van der Waals surface area contributed by atoms with E-state index in [4.69, 9.17) is 5.11 Å². The Morgan fingerprint density at radius 2 is 2.00 bits per heavy atom. The molecule has 16 heavy (non-hydrogen) atoms. The van der Waals surface area contributed by atoms with E-state index < -0.39 is 5.97 Å². The van der Waals surface area contributed by atoms with E-state index in [0.29, 0.717) is 17.9 Å². The van der Waals surface area contributed by atoms with E-state index in [2.05, 4.69) is 25.6 Å². The first-order chi connectivity index (χ1) is 7.63. The molecule has 0 aliphatic heterocycles. The zero-order valence-corrected chi connectivity index (χ0v) is 9.65. The Morgan fingerprint density at radius 1 is 1.38 bits per heavy atom. The molecule has 1 N–H and O–H groups in total. The lowest BCUT2D eigenvalue weighted by Gasteiger charge is -2.14. The van der Waals surface area contributed by atoms with E-state index in [0.717, 1.165) is 12.8 Å². The number of rotatable bonds is 6. The molecule has 1 atom stereocenters. The maximum atomic E-state index is 10.7. The van der Waals surface area contributed by atoms with Crippen molar-refractivity contribution in [3.05, 3.63) is 48.0 Å². The van der Waals surface area contributed by atoms with Gasteiger partial charge in [-0.25, -0.2) is 4.79 Å². The van der Waals surface area contributed by atoms with Gasteiger partial charge in [-0.15, -0.1) is 0 Å². The Morgan fingerprint density at radius 3 is 2.50 bits per heavy atom. The van der Waals surface area contributed by atoms with Crippen molar-refractivity contribution in [1.29, 1.82) is 0 Å². The molecular formula is C14H18O2. The van der Waals surface area contributed by atoms with Crippen LogP contribution in [0.5, 0.6) is 0 Å². The van der Waals surface area contributed by atoms with Crippen LogP contribution in [-0.4, -0.2) is 11.1 Å². The molecule has 0 spiro atoms. The number of hydrogen-bond donors (Lipinski definition) is 1. The lowest BCUT2D eigenvalue weighted by molar-refractivity contribution is -0.132. The van der Waals surface area contributed by atoms with Crippen LogP contribution in [0.2, 0.25) is 0 Å². The van der Waals surface area contributed by atoms with Gasteiger partial charge in [0.25, 0.3) is 0 Å². The molecule has 2 heteroatoms. The third-order valence-electron chi connectivity index (χ3n) is 2.78. The van der Waals surface area contributed by atoms with Gasteiger partial charge in [-0.05, 0) is 24.3 Å². The Kier molecular flexibility index (Phi) is 4.77. The first-order valence-corrected chi connectivity index (χ1v) is 5.58. The van der Waals surface area contributed by atoms with Gasteiger partial charge in [0.05, 0.1) is 0 Å². The standard InChI is InChI=1S/C14H18O2/c1-3-12(9-11(2)14(15)16)10-13-7-5-4-6-8-13/h4-8,12H,2-3,9-10H2,1H3,(H,15,16). The molecule has 0 saturated carbocycles. The topological polar surface area (TPSA) is 37.3 Å². The summed E-state index contributed by atoms with van der Waals surface area (Å²) in [5.74, 6) is -0.516. The number of carboxylic acid groups (broad SMARTS) is 1. The molecule has 0 radical (unpaired) electrons. The third-order valence-corrected chi connectivity index (χ3v) is 2.78. The minimum absolute atomic E-state index is 0.308. The zero-order valence-electron chi connectivity index (χ0n) is 9.65. The summed E-state index contributed by atoms with van der Waals surface area (Å²) in [4.78, 5) is 10.7. The van der Waals surface area contributed by atoms with Gasteiger partial charge < -0.3 is 5.11 Å². The number of carboxylic acids is 1. The van der Waals surface area contributed by atoms with Crippen LogP contribution in [0, 0.1) is 5.92 Å². The lowest BCUT2D eigenvalue weighted by atomic mass is 9.91. The van der Waals surface area contributed by atoms with Crippen LogP contribution in [0.3, 0.4) is 0 Å². The summed E-state index contributed by atoms with van der Waals surface area (Å²) in [5, 5.41) is 8.79. The van der Waals surface area contributed by atoms with Gasteiger partial charge in [0, 0.05) is 5.57 Å². The van der Waals surface area contributed by atoms with Gasteiger partial charge in [-0.1, -0.05) is 50.3 Å². The van der Waals surface area contributed by atoms with Crippen molar-refractivity contribution in [1.82, 2.24) is 0 Å². The summed E-state index contributed by atoms with van der Waals surface area (Å²) < 4.78 is 0. The normalized spacial score (nSPS) is 12.1. The van der Waals surface area contributed by atoms with Crippen LogP contribution in [0.1, 0.15) is 25.3 Å². The second-order valence-electron chi connectivity index (χ2n) is 4.08. The van der Waals surface area contributed by atoms with Gasteiger partial charge in [0.2, 0.25) is 0 Å². The molecule has 0 aromatic heterocycles. The summed E-state index contributed by atoms with van der Waals surface area (Å²) in [7, 11) is 0. The second-order valence-corrected chi connectivity index (χ2v) is 4.08. The first kappa shape index (κ1) is 12.5. The second kappa shape index (κ2) is 6.11. The lowest BCUT2D eigenvalue weighted by Crippen LogP contribution is -2.09. The Balaban J connectivity index is 2.56. The molecule has 0 amide bonds. The first-order valence-electron chi connectivity index (χ1n) is 5.58. The molecule has 0 saturated heterocycles. The highest BCUT2D eigenvalue weighted by Gasteiger charge is 2.12. The molecule has 0 aliphatic rings. The minimum Gasteiger partial charge on any atom is -0.478 e. The molecule has 1 aromatic rings. The minimum atomic E-state index is -0.883. The van der Waals surface area contributed by atoms with E-state index in [-0.39, 0.29) is 0 Å². The molecule has 1 aromatic carbocycles. The molecule has 0 fully saturated rings. The summed E-state index contributed by atoms with van der Waals surface area (Å²) in [6.45, 7) is 5.67. The largest absolute Gasteiger partial charge is 0.478 e. The smallest absolute Gasteiger partial charge is 0.330 e. The van der Waals surface area contributed by atoms with Crippen LogP contribution in [0.25, 0.3) is 0 Å².